The van der Waals surface area contributed by atoms with Gasteiger partial charge >= 0.3 is 0 Å². The lowest BCUT2D eigenvalue weighted by Gasteiger charge is -2.39. The van der Waals surface area contributed by atoms with E-state index >= 15 is 0 Å². The van der Waals surface area contributed by atoms with Gasteiger partial charge in [-0.3, -0.25) is 4.90 Å². The number of nitrogens with two attached hydrogens (primary N) is 1. The van der Waals surface area contributed by atoms with Gasteiger partial charge in [-0.25, -0.2) is 0 Å². The Hall–Kier alpha value is -0.160. The Morgan fingerprint density at radius 1 is 1.35 bits per heavy atom. The van der Waals surface area contributed by atoms with Gasteiger partial charge in [-0.1, -0.05) is 6.92 Å². The molecule has 0 aromatic heterocycles. The van der Waals surface area contributed by atoms with E-state index in [0.717, 1.165) is 13.1 Å². The highest BCUT2D eigenvalue weighted by Gasteiger charge is 2.37. The molecule has 1 fully saturated rings. The van der Waals surface area contributed by atoms with Crippen LogP contribution < -0.4 is 5.73 Å². The summed E-state index contributed by atoms with van der Waals surface area (Å²) in [5.41, 5.74) is 6.26. The van der Waals surface area contributed by atoms with Crippen molar-refractivity contribution in [1.82, 2.24) is 9.80 Å². The molecule has 1 saturated carbocycles. The predicted molar refractivity (Wildman–Crippen MR) is 72.0 cm³/mol. The normalized spacial score (nSPS) is 21.9. The Morgan fingerprint density at radius 2 is 1.94 bits per heavy atom. The van der Waals surface area contributed by atoms with Crippen molar-refractivity contribution < 1.29 is 5.11 Å². The van der Waals surface area contributed by atoms with Gasteiger partial charge in [-0.05, 0) is 46.3 Å². The van der Waals surface area contributed by atoms with Crippen molar-refractivity contribution in [2.45, 2.75) is 44.8 Å². The van der Waals surface area contributed by atoms with E-state index in [0.29, 0.717) is 12.0 Å². The monoisotopic (exact) mass is 243 g/mol. The van der Waals surface area contributed by atoms with Crippen LogP contribution in [0.2, 0.25) is 0 Å². The molecule has 1 aliphatic carbocycles. The second-order valence-electron chi connectivity index (χ2n) is 5.61. The maximum atomic E-state index is 9.62. The summed E-state index contributed by atoms with van der Waals surface area (Å²) in [7, 11) is 4.16. The van der Waals surface area contributed by atoms with Crippen molar-refractivity contribution in [2.75, 3.05) is 33.8 Å². The van der Waals surface area contributed by atoms with Gasteiger partial charge in [0.15, 0.2) is 0 Å². The van der Waals surface area contributed by atoms with E-state index in [9.17, 15) is 5.11 Å². The molecule has 3 atom stereocenters. The van der Waals surface area contributed by atoms with Gasteiger partial charge in [0.1, 0.15) is 0 Å². The highest BCUT2D eigenvalue weighted by Crippen LogP contribution is 2.34. The number of likely N-dealkylation sites (N-methyl/N-ethyl adjacent to an activating group) is 2. The maximum Gasteiger partial charge on any atom is 0.0602 e. The molecule has 4 nitrogen and oxygen atoms in total. The summed E-state index contributed by atoms with van der Waals surface area (Å²) in [6.07, 6.45) is 2.47. The minimum atomic E-state index is 0.113. The molecule has 4 heteroatoms. The first-order valence-corrected chi connectivity index (χ1v) is 6.78. The summed E-state index contributed by atoms with van der Waals surface area (Å²) in [6, 6.07) is 0.670. The average Bonchev–Trinajstić information content (AvgIpc) is 3.07. The highest BCUT2D eigenvalue weighted by atomic mass is 16.3. The molecule has 0 aromatic carbocycles. The second kappa shape index (κ2) is 6.69. The second-order valence-corrected chi connectivity index (χ2v) is 5.61. The summed E-state index contributed by atoms with van der Waals surface area (Å²) in [5, 5.41) is 9.62. The third-order valence-corrected chi connectivity index (χ3v) is 3.78. The van der Waals surface area contributed by atoms with E-state index in [2.05, 4.69) is 37.7 Å². The fourth-order valence-corrected chi connectivity index (χ4v) is 2.75. The van der Waals surface area contributed by atoms with Crippen LogP contribution in [0, 0.1) is 5.92 Å². The topological polar surface area (TPSA) is 52.7 Å². The van der Waals surface area contributed by atoms with Gasteiger partial charge in [0.05, 0.1) is 6.61 Å². The molecule has 0 aliphatic heterocycles. The first-order valence-electron chi connectivity index (χ1n) is 6.78. The molecule has 17 heavy (non-hydrogen) atoms. The average molecular weight is 243 g/mol. The molecule has 0 aromatic rings. The largest absolute Gasteiger partial charge is 0.395 e. The van der Waals surface area contributed by atoms with Crippen LogP contribution in [0.4, 0.5) is 0 Å². The van der Waals surface area contributed by atoms with E-state index in [1.807, 2.05) is 0 Å². The molecule has 0 spiro atoms. The van der Waals surface area contributed by atoms with Crippen LogP contribution in [0.5, 0.6) is 0 Å². The third kappa shape index (κ3) is 4.21. The van der Waals surface area contributed by atoms with Crippen LogP contribution >= 0.6 is 0 Å². The van der Waals surface area contributed by atoms with Crippen molar-refractivity contribution in [1.29, 1.82) is 0 Å². The van der Waals surface area contributed by atoms with Crippen molar-refractivity contribution in [3.63, 3.8) is 0 Å². The number of aliphatic hydroxyl groups is 1. The molecular weight excluding hydrogens is 214 g/mol. The zero-order chi connectivity index (χ0) is 13.0. The number of nitrogens with zero attached hydrogens (tertiary/aromatic N) is 2. The van der Waals surface area contributed by atoms with E-state index in [1.165, 1.54) is 12.8 Å². The van der Waals surface area contributed by atoms with Gasteiger partial charge in [0.25, 0.3) is 0 Å². The molecular formula is C13H29N3O. The quantitative estimate of drug-likeness (QED) is 0.646. The van der Waals surface area contributed by atoms with Crippen molar-refractivity contribution in [2.24, 2.45) is 11.7 Å². The summed E-state index contributed by atoms with van der Waals surface area (Å²) in [6.45, 7) is 6.48. The van der Waals surface area contributed by atoms with Gasteiger partial charge in [0, 0.05) is 24.7 Å². The van der Waals surface area contributed by atoms with E-state index in [1.54, 1.807) is 0 Å². The number of hydrogen-bond acceptors (Lipinski definition) is 4. The number of aliphatic hydroxyl groups excluding tert-OH is 1. The zero-order valence-electron chi connectivity index (χ0n) is 11.8. The summed E-state index contributed by atoms with van der Waals surface area (Å²) in [5.74, 6) is 0.632. The third-order valence-electron chi connectivity index (χ3n) is 3.78. The van der Waals surface area contributed by atoms with E-state index < -0.39 is 0 Å². The number of rotatable bonds is 8. The first kappa shape index (κ1) is 14.9. The van der Waals surface area contributed by atoms with Crippen LogP contribution in [0.3, 0.4) is 0 Å². The Morgan fingerprint density at radius 3 is 2.29 bits per heavy atom. The van der Waals surface area contributed by atoms with Gasteiger partial charge < -0.3 is 15.7 Å². The Bertz CT molecular complexity index is 219. The van der Waals surface area contributed by atoms with Crippen LogP contribution in [-0.4, -0.2) is 66.8 Å². The van der Waals surface area contributed by atoms with Crippen molar-refractivity contribution >= 4 is 0 Å². The zero-order valence-corrected chi connectivity index (χ0v) is 11.8. The standard InChI is InChI=1S/C13H29N3O/c1-5-16(10(2)8-15(3)4)12(9-17)13(14)11-6-7-11/h10-13,17H,5-9,14H2,1-4H3. The minimum Gasteiger partial charge on any atom is -0.395 e. The fraction of sp³-hybridized carbons (Fsp3) is 1.00. The maximum absolute atomic E-state index is 9.62. The molecule has 0 bridgehead atoms. The lowest BCUT2D eigenvalue weighted by atomic mass is 10.0. The SMILES string of the molecule is CCN(C(C)CN(C)C)C(CO)C(N)C1CC1. The molecule has 0 amide bonds. The predicted octanol–water partition coefficient (Wildman–Crippen LogP) is 0.357. The molecule has 1 aliphatic rings. The molecule has 0 heterocycles. The molecule has 1 rings (SSSR count). The van der Waals surface area contributed by atoms with Crippen LogP contribution in [-0.2, 0) is 0 Å². The lowest BCUT2D eigenvalue weighted by molar-refractivity contribution is 0.0622. The van der Waals surface area contributed by atoms with Crippen molar-refractivity contribution in [3.05, 3.63) is 0 Å². The smallest absolute Gasteiger partial charge is 0.0602 e. The van der Waals surface area contributed by atoms with Gasteiger partial charge in [0.2, 0.25) is 0 Å². The fourth-order valence-electron chi connectivity index (χ4n) is 2.75. The molecule has 3 N–H and O–H groups in total. The molecule has 102 valence electrons. The Labute approximate surface area is 106 Å². The molecule has 0 radical (unpaired) electrons. The van der Waals surface area contributed by atoms with Crippen LogP contribution in [0.25, 0.3) is 0 Å². The van der Waals surface area contributed by atoms with Crippen LogP contribution in [0.1, 0.15) is 26.7 Å². The Kier molecular flexibility index (Phi) is 5.86. The minimum absolute atomic E-state index is 0.113. The highest BCUT2D eigenvalue weighted by molar-refractivity contribution is 4.94. The Balaban J connectivity index is 2.60. The summed E-state index contributed by atoms with van der Waals surface area (Å²) >= 11 is 0. The van der Waals surface area contributed by atoms with E-state index in [4.69, 9.17) is 5.73 Å². The molecule has 0 saturated heterocycles. The lowest BCUT2D eigenvalue weighted by Crippen LogP contribution is -2.55. The van der Waals surface area contributed by atoms with Gasteiger partial charge in [-0.15, -0.1) is 0 Å². The number of hydrogen-bond donors (Lipinski definition) is 2. The van der Waals surface area contributed by atoms with Crippen molar-refractivity contribution in [3.8, 4) is 0 Å². The molecule has 3 unspecified atom stereocenters. The summed E-state index contributed by atoms with van der Waals surface area (Å²) in [4.78, 5) is 4.54. The van der Waals surface area contributed by atoms with E-state index in [-0.39, 0.29) is 18.7 Å². The van der Waals surface area contributed by atoms with Crippen LogP contribution in [0.15, 0.2) is 0 Å². The summed E-state index contributed by atoms with van der Waals surface area (Å²) < 4.78 is 0. The first-order chi connectivity index (χ1) is 8.01. The van der Waals surface area contributed by atoms with Gasteiger partial charge in [-0.2, -0.15) is 0 Å².